The van der Waals surface area contributed by atoms with Crippen LogP contribution in [0, 0.1) is 0 Å². The molecule has 8 nitrogen and oxygen atoms in total. The molecule has 2 aromatic carbocycles. The Balaban J connectivity index is 1.12. The number of aromatic nitrogens is 3. The molecule has 4 aromatic rings. The predicted octanol–water partition coefficient (Wildman–Crippen LogP) is 4.93. The van der Waals surface area contributed by atoms with Crippen LogP contribution in [0.5, 0.6) is 0 Å². The highest BCUT2D eigenvalue weighted by Crippen LogP contribution is 2.27. The summed E-state index contributed by atoms with van der Waals surface area (Å²) in [4.78, 5) is 24.6. The molecule has 1 fully saturated rings. The summed E-state index contributed by atoms with van der Waals surface area (Å²) in [7, 11) is 4.06. The van der Waals surface area contributed by atoms with Crippen molar-refractivity contribution >= 4 is 28.8 Å². The molecule has 0 bridgehead atoms. The van der Waals surface area contributed by atoms with Crippen molar-refractivity contribution in [3.05, 3.63) is 95.7 Å². The molecule has 1 N–H and O–H groups in total. The summed E-state index contributed by atoms with van der Waals surface area (Å²) in [5.74, 6) is 0.608. The van der Waals surface area contributed by atoms with Gasteiger partial charge in [0.05, 0.1) is 0 Å². The summed E-state index contributed by atoms with van der Waals surface area (Å²) in [5.41, 5.74) is 6.17. The lowest BCUT2D eigenvalue weighted by Crippen LogP contribution is -2.44. The van der Waals surface area contributed by atoms with Crippen molar-refractivity contribution in [1.29, 1.82) is 0 Å². The van der Waals surface area contributed by atoms with Crippen LogP contribution in [0.15, 0.2) is 79.0 Å². The number of nitrogens with one attached hydrogen (secondary N) is 1. The third kappa shape index (κ3) is 5.78. The van der Waals surface area contributed by atoms with E-state index < -0.39 is 0 Å². The van der Waals surface area contributed by atoms with Gasteiger partial charge in [-0.3, -0.25) is 9.69 Å². The molecule has 4 heterocycles. The molecule has 0 spiro atoms. The van der Waals surface area contributed by atoms with Gasteiger partial charge in [0.1, 0.15) is 0 Å². The van der Waals surface area contributed by atoms with Gasteiger partial charge in [0.2, 0.25) is 5.95 Å². The Morgan fingerprint density at radius 3 is 2.50 bits per heavy atom. The summed E-state index contributed by atoms with van der Waals surface area (Å²) < 4.78 is 1.84. The highest BCUT2D eigenvalue weighted by molar-refractivity contribution is 5.94. The van der Waals surface area contributed by atoms with Crippen molar-refractivity contribution in [3.63, 3.8) is 0 Å². The molecule has 0 saturated carbocycles. The Morgan fingerprint density at radius 1 is 1.00 bits per heavy atom. The van der Waals surface area contributed by atoms with Gasteiger partial charge in [-0.05, 0) is 86.9 Å². The number of piperidine rings is 1. The minimum Gasteiger partial charge on any atom is -0.339 e. The zero-order chi connectivity index (χ0) is 27.5. The van der Waals surface area contributed by atoms with Crippen LogP contribution in [0.2, 0.25) is 0 Å². The van der Waals surface area contributed by atoms with Crippen molar-refractivity contribution in [2.24, 2.45) is 0 Å². The standard InChI is InChI=1S/C32H37N7O/c1-36-19-16-28(17-20-36)37(2)31(40)26-10-12-27(13-11-26)33-32-34-30-29(9-6-18-39(30)35-32)25-14-21-38(22-15-25)23-24-7-4-3-5-8-24/h3-14,18,28H,15-17,19-23H2,1-2H3,(H,33,35). The third-order valence-electron chi connectivity index (χ3n) is 8.19. The van der Waals surface area contributed by atoms with Gasteiger partial charge in [0, 0.05) is 55.7 Å². The van der Waals surface area contributed by atoms with Gasteiger partial charge in [-0.25, -0.2) is 4.52 Å². The first kappa shape index (κ1) is 26.2. The smallest absolute Gasteiger partial charge is 0.253 e. The van der Waals surface area contributed by atoms with Gasteiger partial charge in [-0.2, -0.15) is 4.98 Å². The molecule has 0 unspecified atom stereocenters. The summed E-state index contributed by atoms with van der Waals surface area (Å²) >= 11 is 0. The fourth-order valence-electron chi connectivity index (χ4n) is 5.73. The van der Waals surface area contributed by atoms with E-state index in [4.69, 9.17) is 4.98 Å². The van der Waals surface area contributed by atoms with E-state index in [0.29, 0.717) is 17.6 Å². The summed E-state index contributed by atoms with van der Waals surface area (Å²) in [5, 5.41) is 7.99. The van der Waals surface area contributed by atoms with Gasteiger partial charge >= 0.3 is 0 Å². The largest absolute Gasteiger partial charge is 0.339 e. The van der Waals surface area contributed by atoms with Gasteiger partial charge < -0.3 is 15.1 Å². The van der Waals surface area contributed by atoms with Gasteiger partial charge in [0.15, 0.2) is 5.65 Å². The van der Waals surface area contributed by atoms with Crippen molar-refractivity contribution in [2.75, 3.05) is 45.6 Å². The first-order valence-electron chi connectivity index (χ1n) is 14.2. The normalized spacial score (nSPS) is 17.1. The number of benzene rings is 2. The lowest BCUT2D eigenvalue weighted by molar-refractivity contribution is 0.0659. The maximum atomic E-state index is 13.1. The number of hydrogen-bond donors (Lipinski definition) is 1. The number of anilines is 2. The fraction of sp³-hybridized carbons (Fsp3) is 0.344. The molecule has 1 saturated heterocycles. The molecule has 0 aliphatic carbocycles. The molecule has 0 radical (unpaired) electrons. The van der Waals surface area contributed by atoms with Crippen molar-refractivity contribution in [2.45, 2.75) is 31.8 Å². The number of rotatable bonds is 7. The molecule has 0 atom stereocenters. The molecular formula is C32H37N7O. The van der Waals surface area contributed by atoms with Gasteiger partial charge in [-0.1, -0.05) is 36.4 Å². The average Bonchev–Trinajstić information content (AvgIpc) is 3.41. The molecule has 8 heteroatoms. The predicted molar refractivity (Wildman–Crippen MR) is 160 cm³/mol. The molecule has 2 aliphatic rings. The van der Waals surface area contributed by atoms with Crippen LogP contribution in [-0.4, -0.2) is 81.5 Å². The van der Waals surface area contributed by atoms with Crippen molar-refractivity contribution in [1.82, 2.24) is 29.3 Å². The van der Waals surface area contributed by atoms with Crippen LogP contribution in [0.3, 0.4) is 0 Å². The zero-order valence-electron chi connectivity index (χ0n) is 23.3. The Hall–Kier alpha value is -4.01. The van der Waals surface area contributed by atoms with E-state index in [1.165, 1.54) is 11.1 Å². The fourth-order valence-corrected chi connectivity index (χ4v) is 5.73. The van der Waals surface area contributed by atoms with Crippen LogP contribution in [0.1, 0.15) is 40.7 Å². The minimum atomic E-state index is 0.0692. The van der Waals surface area contributed by atoms with Crippen LogP contribution in [0.25, 0.3) is 11.2 Å². The number of fused-ring (bicyclic) bond motifs is 1. The number of carbonyl (C=O) groups is 1. The Kier molecular flexibility index (Phi) is 7.62. The van der Waals surface area contributed by atoms with E-state index in [-0.39, 0.29) is 5.91 Å². The van der Waals surface area contributed by atoms with E-state index in [1.54, 1.807) is 0 Å². The van der Waals surface area contributed by atoms with Crippen molar-refractivity contribution < 1.29 is 4.79 Å². The lowest BCUT2D eigenvalue weighted by Gasteiger charge is -2.35. The molecule has 206 valence electrons. The number of nitrogens with zero attached hydrogens (tertiary/aromatic N) is 6. The van der Waals surface area contributed by atoms with E-state index in [2.05, 4.69) is 69.7 Å². The second-order valence-corrected chi connectivity index (χ2v) is 11.0. The molecule has 6 rings (SSSR count). The molecule has 2 aromatic heterocycles. The highest BCUT2D eigenvalue weighted by Gasteiger charge is 2.25. The maximum Gasteiger partial charge on any atom is 0.253 e. The Morgan fingerprint density at radius 2 is 1.77 bits per heavy atom. The number of likely N-dealkylation sites (tertiary alicyclic amines) is 1. The Labute approximate surface area is 235 Å². The molecule has 40 heavy (non-hydrogen) atoms. The number of pyridine rings is 1. The highest BCUT2D eigenvalue weighted by atomic mass is 16.2. The summed E-state index contributed by atoms with van der Waals surface area (Å²) in [6, 6.07) is 22.7. The van der Waals surface area contributed by atoms with Crippen LogP contribution >= 0.6 is 0 Å². The van der Waals surface area contributed by atoms with Gasteiger partial charge in [0.25, 0.3) is 5.91 Å². The topological polar surface area (TPSA) is 69.0 Å². The van der Waals surface area contributed by atoms with E-state index in [0.717, 1.165) is 68.9 Å². The van der Waals surface area contributed by atoms with Crippen LogP contribution < -0.4 is 5.32 Å². The molecule has 2 aliphatic heterocycles. The number of amides is 1. The minimum absolute atomic E-state index is 0.0692. The van der Waals surface area contributed by atoms with E-state index >= 15 is 0 Å². The average molecular weight is 536 g/mol. The quantitative estimate of drug-likeness (QED) is 0.362. The number of carbonyl (C=O) groups excluding carboxylic acids is 1. The second-order valence-electron chi connectivity index (χ2n) is 11.0. The molecule has 1 amide bonds. The van der Waals surface area contributed by atoms with Gasteiger partial charge in [-0.15, -0.1) is 5.10 Å². The van der Waals surface area contributed by atoms with Crippen molar-refractivity contribution in [3.8, 4) is 0 Å². The number of hydrogen-bond acceptors (Lipinski definition) is 6. The first-order chi connectivity index (χ1) is 19.5. The summed E-state index contributed by atoms with van der Waals surface area (Å²) in [6.07, 6.45) is 7.26. The van der Waals surface area contributed by atoms with Crippen LogP contribution in [-0.2, 0) is 6.54 Å². The zero-order valence-corrected chi connectivity index (χ0v) is 23.3. The van der Waals surface area contributed by atoms with Crippen LogP contribution in [0.4, 0.5) is 11.6 Å². The molecular weight excluding hydrogens is 498 g/mol. The first-order valence-corrected chi connectivity index (χ1v) is 14.2. The van der Waals surface area contributed by atoms with E-state index in [9.17, 15) is 4.79 Å². The lowest BCUT2D eigenvalue weighted by atomic mass is 10.00. The third-order valence-corrected chi connectivity index (χ3v) is 8.19. The second kappa shape index (κ2) is 11.6. The summed E-state index contributed by atoms with van der Waals surface area (Å²) in [6.45, 7) is 4.96. The van der Waals surface area contributed by atoms with E-state index in [1.807, 2.05) is 53.0 Å². The maximum absolute atomic E-state index is 13.1. The Bertz CT molecular complexity index is 1490. The monoisotopic (exact) mass is 535 g/mol. The SMILES string of the molecule is CN1CCC(N(C)C(=O)c2ccc(Nc3nc4c(C5=CCN(Cc6ccccc6)CC5)cccn4n3)cc2)CC1.